The zero-order valence-electron chi connectivity index (χ0n) is 15.2. The Bertz CT molecular complexity index is 908. The number of furan rings is 3. The maximum Gasteiger partial charge on any atom is 0.263 e. The van der Waals surface area contributed by atoms with Crippen LogP contribution in [0.4, 0.5) is 0 Å². The number of rotatable bonds is 5. The number of hydrogen-bond donors (Lipinski definition) is 0. The second-order valence-electron chi connectivity index (χ2n) is 6.61. The summed E-state index contributed by atoms with van der Waals surface area (Å²) in [4.78, 5) is 0. The molecule has 132 valence electrons. The summed E-state index contributed by atoms with van der Waals surface area (Å²) in [6.07, 6.45) is 0.792. The van der Waals surface area contributed by atoms with E-state index in [1.54, 1.807) is 0 Å². The summed E-state index contributed by atoms with van der Waals surface area (Å²) in [5.74, 6) is 2.68. The predicted molar refractivity (Wildman–Crippen MR) is 106 cm³/mol. The molecule has 26 heavy (non-hydrogen) atoms. The lowest BCUT2D eigenvalue weighted by atomic mass is 10.2. The van der Waals surface area contributed by atoms with Gasteiger partial charge in [-0.2, -0.15) is 0 Å². The van der Waals surface area contributed by atoms with Crippen molar-refractivity contribution in [3.8, 4) is 0 Å². The largest absolute Gasteiger partial charge is 0.431 e. The molecule has 3 heterocycles. The summed E-state index contributed by atoms with van der Waals surface area (Å²) in [7, 11) is -2.21. The Balaban J connectivity index is 1.99. The second-order valence-corrected chi connectivity index (χ2v) is 9.86. The summed E-state index contributed by atoms with van der Waals surface area (Å²) in [6, 6.07) is 22.7. The van der Waals surface area contributed by atoms with Gasteiger partial charge < -0.3 is 13.3 Å². The van der Waals surface area contributed by atoms with E-state index in [0.717, 1.165) is 39.9 Å². The van der Waals surface area contributed by atoms with Gasteiger partial charge in [0.25, 0.3) is 16.5 Å². The molecule has 3 nitrogen and oxygen atoms in total. The summed E-state index contributed by atoms with van der Waals surface area (Å²) in [6.45, 7) is 5.92. The van der Waals surface area contributed by atoms with E-state index < -0.39 is 7.26 Å². The average molecular weight is 365 g/mol. The highest BCUT2D eigenvalue weighted by Gasteiger charge is 2.54. The van der Waals surface area contributed by atoms with Crippen LogP contribution in [0.15, 0.2) is 80.0 Å². The third-order valence-electron chi connectivity index (χ3n) is 4.57. The number of benzene rings is 1. The maximum absolute atomic E-state index is 6.18. The van der Waals surface area contributed by atoms with E-state index in [1.165, 1.54) is 5.56 Å². The highest BCUT2D eigenvalue weighted by Crippen LogP contribution is 2.59. The van der Waals surface area contributed by atoms with Gasteiger partial charge in [0.1, 0.15) is 23.4 Å². The summed E-state index contributed by atoms with van der Waals surface area (Å²) in [5.41, 5.74) is 4.03. The molecule has 0 fully saturated rings. The SMILES string of the molecule is Cc1ccc([P+](Cc2ccccc2)(c2ccc(C)o2)c2ccc(C)o2)o1. The van der Waals surface area contributed by atoms with Crippen LogP contribution in [0.5, 0.6) is 0 Å². The van der Waals surface area contributed by atoms with Crippen LogP contribution in [0.25, 0.3) is 0 Å². The number of hydrogen-bond acceptors (Lipinski definition) is 3. The normalized spacial score (nSPS) is 11.8. The lowest BCUT2D eigenvalue weighted by molar-refractivity contribution is 0.547. The van der Waals surface area contributed by atoms with Gasteiger partial charge in [-0.15, -0.1) is 0 Å². The molecular weight excluding hydrogens is 343 g/mol. The van der Waals surface area contributed by atoms with Crippen LogP contribution in [0.3, 0.4) is 0 Å². The van der Waals surface area contributed by atoms with Gasteiger partial charge in [-0.25, -0.2) is 0 Å². The molecule has 0 aliphatic rings. The minimum Gasteiger partial charge on any atom is -0.431 e. The van der Waals surface area contributed by atoms with Crippen molar-refractivity contribution in [2.45, 2.75) is 26.9 Å². The van der Waals surface area contributed by atoms with Crippen molar-refractivity contribution in [2.75, 3.05) is 0 Å². The first-order valence-electron chi connectivity index (χ1n) is 8.71. The molecule has 4 heteroatoms. The van der Waals surface area contributed by atoms with Crippen LogP contribution in [0.1, 0.15) is 22.8 Å². The smallest absolute Gasteiger partial charge is 0.263 e. The first-order valence-corrected chi connectivity index (χ1v) is 10.7. The molecule has 4 aromatic rings. The second kappa shape index (κ2) is 6.66. The van der Waals surface area contributed by atoms with Crippen LogP contribution in [-0.2, 0) is 6.16 Å². The highest BCUT2D eigenvalue weighted by molar-refractivity contribution is 7.94. The average Bonchev–Trinajstić information content (AvgIpc) is 3.36. The van der Waals surface area contributed by atoms with Gasteiger partial charge in [-0.1, -0.05) is 30.3 Å². The lowest BCUT2D eigenvalue weighted by Crippen LogP contribution is -2.30. The Hall–Kier alpha value is -2.51. The fraction of sp³-hybridized carbons (Fsp3) is 0.182. The molecule has 0 unspecified atom stereocenters. The standard InChI is InChI=1S/C22H22O3P/c1-16-9-12-20(23-16)26(21-13-10-17(2)24-21,22-14-11-18(3)25-22)15-19-7-5-4-6-8-19/h4-14H,15H2,1-3H3/q+1. The first kappa shape index (κ1) is 16.9. The summed E-state index contributed by atoms with van der Waals surface area (Å²) < 4.78 is 18.5. The lowest BCUT2D eigenvalue weighted by Gasteiger charge is -2.19. The Morgan fingerprint density at radius 3 is 1.35 bits per heavy atom. The molecule has 0 spiro atoms. The van der Waals surface area contributed by atoms with Crippen LogP contribution < -0.4 is 16.5 Å². The van der Waals surface area contributed by atoms with E-state index in [0.29, 0.717) is 0 Å². The Kier molecular flexibility index (Phi) is 4.34. The molecule has 0 saturated carbocycles. The molecule has 0 N–H and O–H groups in total. The van der Waals surface area contributed by atoms with Crippen LogP contribution >= 0.6 is 7.26 Å². The van der Waals surface area contributed by atoms with E-state index in [1.807, 2.05) is 45.0 Å². The third-order valence-corrected chi connectivity index (χ3v) is 8.39. The fourth-order valence-corrected chi connectivity index (χ4v) is 7.06. The monoisotopic (exact) mass is 365 g/mol. The molecule has 0 bridgehead atoms. The van der Waals surface area contributed by atoms with Crippen LogP contribution in [0.2, 0.25) is 0 Å². The van der Waals surface area contributed by atoms with Gasteiger partial charge in [0, 0.05) is 18.2 Å². The van der Waals surface area contributed by atoms with E-state index in [4.69, 9.17) is 13.3 Å². The minimum absolute atomic E-state index is 0.792. The van der Waals surface area contributed by atoms with Crippen molar-refractivity contribution in [3.05, 3.63) is 89.6 Å². The predicted octanol–water partition coefficient (Wildman–Crippen LogP) is 4.88. The van der Waals surface area contributed by atoms with E-state index in [-0.39, 0.29) is 0 Å². The molecule has 3 aromatic heterocycles. The topological polar surface area (TPSA) is 39.4 Å². The minimum atomic E-state index is -2.21. The van der Waals surface area contributed by atoms with Crippen molar-refractivity contribution in [3.63, 3.8) is 0 Å². The zero-order valence-corrected chi connectivity index (χ0v) is 16.1. The summed E-state index contributed by atoms with van der Waals surface area (Å²) in [5, 5.41) is 0. The Labute approximate surface area is 154 Å². The Morgan fingerprint density at radius 2 is 1.00 bits per heavy atom. The van der Waals surface area contributed by atoms with Gasteiger partial charge in [0.15, 0.2) is 0 Å². The Morgan fingerprint density at radius 1 is 0.577 bits per heavy atom. The molecule has 4 rings (SSSR count). The van der Waals surface area contributed by atoms with Gasteiger partial charge in [0.05, 0.1) is 0 Å². The van der Waals surface area contributed by atoms with Gasteiger partial charge in [-0.05, 0) is 44.5 Å². The molecule has 0 aliphatic heterocycles. The van der Waals surface area contributed by atoms with Crippen LogP contribution in [0, 0.1) is 20.8 Å². The highest BCUT2D eigenvalue weighted by atomic mass is 31.2. The molecule has 0 amide bonds. The maximum atomic E-state index is 6.18. The third kappa shape index (κ3) is 2.93. The molecular formula is C22H22O3P+. The van der Waals surface area contributed by atoms with Gasteiger partial charge in [-0.3, -0.25) is 0 Å². The van der Waals surface area contributed by atoms with Crippen molar-refractivity contribution in [1.29, 1.82) is 0 Å². The van der Waals surface area contributed by atoms with Crippen molar-refractivity contribution >= 4 is 23.8 Å². The number of aryl methyl sites for hydroxylation is 3. The molecule has 0 aliphatic carbocycles. The van der Waals surface area contributed by atoms with E-state index in [2.05, 4.69) is 42.5 Å². The van der Waals surface area contributed by atoms with Gasteiger partial charge in [0.2, 0.25) is 7.26 Å². The van der Waals surface area contributed by atoms with Crippen molar-refractivity contribution in [2.24, 2.45) is 0 Å². The first-order chi connectivity index (χ1) is 12.6. The quantitative estimate of drug-likeness (QED) is 0.473. The molecule has 0 atom stereocenters. The van der Waals surface area contributed by atoms with Crippen LogP contribution in [-0.4, -0.2) is 0 Å². The molecule has 1 aromatic carbocycles. The molecule has 0 radical (unpaired) electrons. The summed E-state index contributed by atoms with van der Waals surface area (Å²) >= 11 is 0. The zero-order chi connectivity index (χ0) is 18.1. The fourth-order valence-electron chi connectivity index (χ4n) is 3.30. The van der Waals surface area contributed by atoms with Gasteiger partial charge >= 0.3 is 0 Å². The van der Waals surface area contributed by atoms with E-state index >= 15 is 0 Å². The van der Waals surface area contributed by atoms with Crippen molar-refractivity contribution in [1.82, 2.24) is 0 Å². The van der Waals surface area contributed by atoms with E-state index in [9.17, 15) is 0 Å². The molecule has 0 saturated heterocycles. The van der Waals surface area contributed by atoms with Crippen molar-refractivity contribution < 1.29 is 13.3 Å².